The molecule has 0 aliphatic carbocycles. The maximum atomic E-state index is 12.7. The molecule has 1 aromatic rings. The van der Waals surface area contributed by atoms with E-state index in [9.17, 15) is 9.59 Å². The third-order valence-electron chi connectivity index (χ3n) is 4.03. The zero-order chi connectivity index (χ0) is 17.7. The molecule has 0 saturated carbocycles. The van der Waals surface area contributed by atoms with Crippen molar-refractivity contribution in [1.82, 2.24) is 9.80 Å². The third-order valence-corrected chi connectivity index (χ3v) is 5.29. The Hall–Kier alpha value is -1.49. The van der Waals surface area contributed by atoms with Crippen LogP contribution in [0.1, 0.15) is 43.1 Å². The van der Waals surface area contributed by atoms with Gasteiger partial charge in [0.1, 0.15) is 0 Å². The van der Waals surface area contributed by atoms with Crippen LogP contribution in [0.15, 0.2) is 24.3 Å². The Labute approximate surface area is 149 Å². The molecular weight excluding hydrogens is 320 g/mol. The Balaban J connectivity index is 1.92. The van der Waals surface area contributed by atoms with Crippen molar-refractivity contribution in [2.24, 2.45) is 0 Å². The highest BCUT2D eigenvalue weighted by molar-refractivity contribution is 8.01. The van der Waals surface area contributed by atoms with E-state index in [0.29, 0.717) is 25.4 Å². The predicted octanol–water partition coefficient (Wildman–Crippen LogP) is 3.20. The van der Waals surface area contributed by atoms with E-state index < -0.39 is 0 Å². The molecule has 2 rings (SSSR count). The number of hydrogen-bond acceptors (Lipinski definition) is 3. The fourth-order valence-corrected chi connectivity index (χ4v) is 3.44. The van der Waals surface area contributed by atoms with Crippen molar-refractivity contribution in [3.05, 3.63) is 35.4 Å². The summed E-state index contributed by atoms with van der Waals surface area (Å²) in [7, 11) is 0. The van der Waals surface area contributed by atoms with Gasteiger partial charge >= 0.3 is 0 Å². The van der Waals surface area contributed by atoms with Gasteiger partial charge in [0.2, 0.25) is 5.91 Å². The normalized spacial score (nSPS) is 16.0. The van der Waals surface area contributed by atoms with Crippen molar-refractivity contribution in [2.45, 2.75) is 38.9 Å². The van der Waals surface area contributed by atoms with Gasteiger partial charge in [-0.05, 0) is 25.5 Å². The summed E-state index contributed by atoms with van der Waals surface area (Å²) in [4.78, 5) is 28.8. The van der Waals surface area contributed by atoms with E-state index in [1.165, 1.54) is 0 Å². The zero-order valence-corrected chi connectivity index (χ0v) is 16.0. The molecule has 132 valence electrons. The van der Waals surface area contributed by atoms with Crippen LogP contribution in [0.4, 0.5) is 0 Å². The number of hydrogen-bond donors (Lipinski definition) is 0. The number of benzene rings is 1. The summed E-state index contributed by atoms with van der Waals surface area (Å²) in [6, 6.07) is 7.70. The lowest BCUT2D eigenvalue weighted by Gasteiger charge is -2.24. The second-order valence-electron chi connectivity index (χ2n) is 7.30. The Kier molecular flexibility index (Phi) is 6.33. The molecule has 1 heterocycles. The number of carbonyl (C=O) groups is 2. The van der Waals surface area contributed by atoms with E-state index in [1.807, 2.05) is 41.0 Å². The van der Waals surface area contributed by atoms with Gasteiger partial charge in [-0.2, -0.15) is 0 Å². The molecule has 0 unspecified atom stereocenters. The molecule has 0 N–H and O–H groups in total. The summed E-state index contributed by atoms with van der Waals surface area (Å²) in [6.45, 7) is 11.0. The molecule has 1 aliphatic heterocycles. The van der Waals surface area contributed by atoms with Gasteiger partial charge in [-0.15, -0.1) is 11.8 Å². The van der Waals surface area contributed by atoms with Gasteiger partial charge in [0.05, 0.1) is 5.75 Å². The van der Waals surface area contributed by atoms with Gasteiger partial charge < -0.3 is 9.80 Å². The molecule has 2 amide bonds. The Bertz CT molecular complexity index is 595. The van der Waals surface area contributed by atoms with E-state index in [-0.39, 0.29) is 16.6 Å². The summed E-state index contributed by atoms with van der Waals surface area (Å²) in [6.07, 6.45) is 0.837. The quantitative estimate of drug-likeness (QED) is 0.842. The van der Waals surface area contributed by atoms with Gasteiger partial charge in [-0.25, -0.2) is 0 Å². The average molecular weight is 349 g/mol. The first kappa shape index (κ1) is 18.8. The Morgan fingerprint density at radius 1 is 1.08 bits per heavy atom. The minimum Gasteiger partial charge on any atom is -0.340 e. The van der Waals surface area contributed by atoms with Crippen LogP contribution in [0.3, 0.4) is 0 Å². The van der Waals surface area contributed by atoms with E-state index in [1.54, 1.807) is 11.8 Å². The highest BCUT2D eigenvalue weighted by atomic mass is 32.2. The summed E-state index contributed by atoms with van der Waals surface area (Å²) < 4.78 is 0.0919. The average Bonchev–Trinajstić information content (AvgIpc) is 2.77. The van der Waals surface area contributed by atoms with Crippen LogP contribution in [-0.2, 0) is 4.79 Å². The summed E-state index contributed by atoms with van der Waals surface area (Å²) in [5.74, 6) is 0.756. The van der Waals surface area contributed by atoms with Crippen LogP contribution in [0.2, 0.25) is 0 Å². The molecule has 4 nitrogen and oxygen atoms in total. The van der Waals surface area contributed by atoms with Crippen LogP contribution in [0, 0.1) is 6.92 Å². The minimum absolute atomic E-state index is 0.0667. The Morgan fingerprint density at radius 3 is 2.42 bits per heavy atom. The largest absolute Gasteiger partial charge is 0.340 e. The van der Waals surface area contributed by atoms with Gasteiger partial charge in [-0.1, -0.05) is 38.5 Å². The number of carbonyl (C=O) groups excluding carboxylic acids is 2. The molecule has 0 aromatic heterocycles. The monoisotopic (exact) mass is 348 g/mol. The van der Waals surface area contributed by atoms with E-state index in [4.69, 9.17) is 0 Å². The second kappa shape index (κ2) is 8.06. The summed E-state index contributed by atoms with van der Waals surface area (Å²) in [5, 5.41) is 0. The lowest BCUT2D eigenvalue weighted by Crippen LogP contribution is -2.38. The molecule has 5 heteroatoms. The molecule has 0 spiro atoms. The van der Waals surface area contributed by atoms with Gasteiger partial charge in [0.25, 0.3) is 5.91 Å². The maximum Gasteiger partial charge on any atom is 0.253 e. The number of nitrogens with zero attached hydrogens (tertiary/aromatic N) is 2. The van der Waals surface area contributed by atoms with Crippen LogP contribution in [0.25, 0.3) is 0 Å². The molecule has 1 aromatic carbocycles. The summed E-state index contributed by atoms with van der Waals surface area (Å²) in [5.41, 5.74) is 1.82. The molecule has 1 saturated heterocycles. The van der Waals surface area contributed by atoms with Gasteiger partial charge in [-0.3, -0.25) is 9.59 Å². The lowest BCUT2D eigenvalue weighted by molar-refractivity contribution is -0.128. The number of thioether (sulfide) groups is 1. The molecule has 24 heavy (non-hydrogen) atoms. The molecule has 0 bridgehead atoms. The molecule has 1 aliphatic rings. The van der Waals surface area contributed by atoms with E-state index in [0.717, 1.165) is 24.1 Å². The van der Waals surface area contributed by atoms with Crippen molar-refractivity contribution in [3.8, 4) is 0 Å². The van der Waals surface area contributed by atoms with Crippen LogP contribution >= 0.6 is 11.8 Å². The summed E-state index contributed by atoms with van der Waals surface area (Å²) >= 11 is 1.68. The molecule has 0 radical (unpaired) electrons. The van der Waals surface area contributed by atoms with E-state index >= 15 is 0 Å². The maximum absolute atomic E-state index is 12.7. The van der Waals surface area contributed by atoms with Crippen molar-refractivity contribution >= 4 is 23.6 Å². The number of rotatable bonds is 3. The molecular formula is C19H28N2O2S. The predicted molar refractivity (Wildman–Crippen MR) is 100 cm³/mol. The van der Waals surface area contributed by atoms with E-state index in [2.05, 4.69) is 20.8 Å². The highest BCUT2D eigenvalue weighted by Gasteiger charge is 2.24. The minimum atomic E-state index is 0.0667. The van der Waals surface area contributed by atoms with Crippen LogP contribution < -0.4 is 0 Å². The topological polar surface area (TPSA) is 40.6 Å². The van der Waals surface area contributed by atoms with Crippen molar-refractivity contribution in [3.63, 3.8) is 0 Å². The van der Waals surface area contributed by atoms with Crippen LogP contribution in [-0.4, -0.2) is 58.3 Å². The SMILES string of the molecule is Cc1cccc(C(=O)N2CCCN(C(=O)CSC(C)(C)C)CC2)c1. The molecule has 1 fully saturated rings. The second-order valence-corrected chi connectivity index (χ2v) is 9.10. The van der Waals surface area contributed by atoms with Gasteiger partial charge in [0, 0.05) is 36.5 Å². The first-order chi connectivity index (χ1) is 11.3. The van der Waals surface area contributed by atoms with Crippen LogP contribution in [0.5, 0.6) is 0 Å². The first-order valence-corrected chi connectivity index (χ1v) is 9.52. The fraction of sp³-hybridized carbons (Fsp3) is 0.579. The van der Waals surface area contributed by atoms with Crippen molar-refractivity contribution < 1.29 is 9.59 Å². The van der Waals surface area contributed by atoms with Crippen molar-refractivity contribution in [2.75, 3.05) is 31.9 Å². The third kappa shape index (κ3) is 5.55. The Morgan fingerprint density at radius 2 is 1.75 bits per heavy atom. The van der Waals surface area contributed by atoms with Crippen molar-refractivity contribution in [1.29, 1.82) is 0 Å². The smallest absolute Gasteiger partial charge is 0.253 e. The number of aryl methyl sites for hydroxylation is 1. The lowest BCUT2D eigenvalue weighted by atomic mass is 10.1. The first-order valence-electron chi connectivity index (χ1n) is 8.54. The number of amides is 2. The zero-order valence-electron chi connectivity index (χ0n) is 15.2. The fourth-order valence-electron chi connectivity index (χ4n) is 2.70. The molecule has 0 atom stereocenters. The van der Waals surface area contributed by atoms with Gasteiger partial charge in [0.15, 0.2) is 0 Å². The standard InChI is InChI=1S/C19H28N2O2S/c1-15-7-5-8-16(13-15)18(23)21-10-6-9-20(11-12-21)17(22)14-24-19(2,3)4/h5,7-8,13H,6,9-12,14H2,1-4H3. The highest BCUT2D eigenvalue weighted by Crippen LogP contribution is 2.23.